The van der Waals surface area contributed by atoms with Crippen LogP contribution in [0.25, 0.3) is 22.2 Å². The van der Waals surface area contributed by atoms with Gasteiger partial charge in [-0.25, -0.2) is 9.97 Å². The Morgan fingerprint density at radius 2 is 2.03 bits per heavy atom. The maximum atomic E-state index is 12.4. The lowest BCUT2D eigenvalue weighted by atomic mass is 9.88. The number of nitrogens with one attached hydrogen (secondary N) is 2. The Balaban J connectivity index is 1.19. The average Bonchev–Trinajstić information content (AvgIpc) is 3.28. The Kier molecular flexibility index (Phi) is 7.79. The van der Waals surface area contributed by atoms with Gasteiger partial charge in [-0.05, 0) is 52.9 Å². The van der Waals surface area contributed by atoms with Crippen LogP contribution in [0.4, 0.5) is 5.95 Å². The minimum atomic E-state index is 0.112. The molecule has 1 amide bonds. The van der Waals surface area contributed by atoms with Gasteiger partial charge in [-0.15, -0.1) is 0 Å². The molecule has 1 aliphatic heterocycles. The number of hydrogen-bond acceptors (Lipinski definition) is 6. The zero-order chi connectivity index (χ0) is 25.9. The number of rotatable bonds is 8. The number of carbonyl (C=O) groups excluding carboxylic acids is 1. The minimum absolute atomic E-state index is 0.112. The van der Waals surface area contributed by atoms with Crippen molar-refractivity contribution in [3.05, 3.63) is 53.8 Å². The molecule has 196 valence electrons. The molecule has 2 atom stereocenters. The molecule has 2 aromatic heterocycles. The van der Waals surface area contributed by atoms with Gasteiger partial charge in [0, 0.05) is 66.5 Å². The predicted molar refractivity (Wildman–Crippen MR) is 150 cm³/mol. The van der Waals surface area contributed by atoms with Crippen molar-refractivity contribution in [2.75, 3.05) is 46.1 Å². The summed E-state index contributed by atoms with van der Waals surface area (Å²) in [5.41, 5.74) is 2.77. The standard InChI is InChI=1S/C28H36ClN7O/c1-34(2)13-7-12-26(37)36-17-21(18-36)35(3)20-9-6-8-19(14-20)32-28-31-16-24(29)27(33-28)23-15-30-25-11-5-4-10-22(23)25/h4-5,7,10-12,15-16,19-21,30H,6,8-9,13-14,17-18H2,1-3H3,(H,31,32,33)/b12-7+/t19-,20+/m1/s1. The molecule has 2 aliphatic rings. The van der Waals surface area contributed by atoms with E-state index in [1.807, 2.05) is 54.4 Å². The van der Waals surface area contributed by atoms with Crippen molar-refractivity contribution in [2.24, 2.45) is 0 Å². The molecule has 8 nitrogen and oxygen atoms in total. The number of carbonyl (C=O) groups is 1. The molecule has 9 heteroatoms. The highest BCUT2D eigenvalue weighted by atomic mass is 35.5. The normalized spacial score (nSPS) is 20.8. The molecule has 0 spiro atoms. The van der Waals surface area contributed by atoms with E-state index in [0.29, 0.717) is 29.1 Å². The third kappa shape index (κ3) is 5.81. The molecule has 1 saturated heterocycles. The zero-order valence-corrected chi connectivity index (χ0v) is 22.6. The lowest BCUT2D eigenvalue weighted by Gasteiger charge is -2.48. The number of nitrogens with zero attached hydrogens (tertiary/aromatic N) is 5. The fraction of sp³-hybridized carbons (Fsp3) is 0.464. The van der Waals surface area contributed by atoms with E-state index in [2.05, 4.69) is 33.3 Å². The van der Waals surface area contributed by atoms with E-state index in [1.54, 1.807) is 12.3 Å². The molecule has 5 rings (SSSR count). The Hall–Kier alpha value is -2.94. The van der Waals surface area contributed by atoms with Crippen LogP contribution in [0.15, 0.2) is 48.8 Å². The van der Waals surface area contributed by atoms with Gasteiger partial charge in [0.15, 0.2) is 0 Å². The fourth-order valence-corrected chi connectivity index (χ4v) is 5.59. The quantitative estimate of drug-likeness (QED) is 0.431. The second-order valence-electron chi connectivity index (χ2n) is 10.5. The lowest BCUT2D eigenvalue weighted by Crippen LogP contribution is -2.62. The number of aromatic amines is 1. The molecule has 3 heterocycles. The molecule has 1 aliphatic carbocycles. The van der Waals surface area contributed by atoms with Gasteiger partial charge < -0.3 is 20.1 Å². The van der Waals surface area contributed by atoms with E-state index in [4.69, 9.17) is 16.6 Å². The van der Waals surface area contributed by atoms with Crippen molar-refractivity contribution in [2.45, 2.75) is 43.8 Å². The van der Waals surface area contributed by atoms with Gasteiger partial charge in [-0.3, -0.25) is 9.69 Å². The SMILES string of the molecule is CN(C)C/C=C/C(=O)N1CC(N(C)[C@H]2CCC[C@@H](Nc3ncc(Cl)c(-c4c[nH]c5ccccc45)n3)C2)C1. The molecule has 37 heavy (non-hydrogen) atoms. The molecule has 2 N–H and O–H groups in total. The number of fused-ring (bicyclic) bond motifs is 1. The number of H-pyrrole nitrogens is 1. The number of amides is 1. The highest BCUT2D eigenvalue weighted by molar-refractivity contribution is 6.33. The summed E-state index contributed by atoms with van der Waals surface area (Å²) in [5.74, 6) is 0.725. The van der Waals surface area contributed by atoms with E-state index in [9.17, 15) is 4.79 Å². The van der Waals surface area contributed by atoms with Gasteiger partial charge in [-0.1, -0.05) is 35.9 Å². The fourth-order valence-electron chi connectivity index (χ4n) is 5.40. The summed E-state index contributed by atoms with van der Waals surface area (Å²) in [5, 5.41) is 5.21. The van der Waals surface area contributed by atoms with Crippen LogP contribution in [0.1, 0.15) is 25.7 Å². The molecule has 0 unspecified atom stereocenters. The summed E-state index contributed by atoms with van der Waals surface area (Å²) in [7, 11) is 6.20. The first kappa shape index (κ1) is 25.7. The van der Waals surface area contributed by atoms with E-state index in [0.717, 1.165) is 61.1 Å². The zero-order valence-electron chi connectivity index (χ0n) is 21.8. The summed E-state index contributed by atoms with van der Waals surface area (Å²) in [6, 6.07) is 9.33. The highest BCUT2D eigenvalue weighted by Gasteiger charge is 2.36. The molecule has 2 fully saturated rings. The van der Waals surface area contributed by atoms with Gasteiger partial charge in [-0.2, -0.15) is 0 Å². The van der Waals surface area contributed by atoms with Crippen LogP contribution in [0.5, 0.6) is 0 Å². The maximum Gasteiger partial charge on any atom is 0.246 e. The molecule has 1 saturated carbocycles. The first-order valence-electron chi connectivity index (χ1n) is 13.1. The Labute approximate surface area is 223 Å². The predicted octanol–water partition coefficient (Wildman–Crippen LogP) is 4.26. The lowest BCUT2D eigenvalue weighted by molar-refractivity contribution is -0.133. The second kappa shape index (κ2) is 11.2. The highest BCUT2D eigenvalue weighted by Crippen LogP contribution is 2.33. The number of anilines is 1. The second-order valence-corrected chi connectivity index (χ2v) is 10.9. The van der Waals surface area contributed by atoms with Gasteiger partial charge in [0.2, 0.25) is 11.9 Å². The number of benzene rings is 1. The number of hydrogen-bond donors (Lipinski definition) is 2. The summed E-state index contributed by atoms with van der Waals surface area (Å²) in [4.78, 5) is 31.4. The van der Waals surface area contributed by atoms with E-state index < -0.39 is 0 Å². The van der Waals surface area contributed by atoms with Crippen LogP contribution in [-0.2, 0) is 4.79 Å². The molecular formula is C28H36ClN7O. The maximum absolute atomic E-state index is 12.4. The van der Waals surface area contributed by atoms with E-state index >= 15 is 0 Å². The van der Waals surface area contributed by atoms with Crippen LogP contribution in [-0.4, -0.2) is 94.5 Å². The minimum Gasteiger partial charge on any atom is -0.360 e. The molecular weight excluding hydrogens is 486 g/mol. The average molecular weight is 522 g/mol. The number of para-hydroxylation sites is 1. The largest absolute Gasteiger partial charge is 0.360 e. The third-order valence-electron chi connectivity index (χ3n) is 7.63. The first-order valence-corrected chi connectivity index (χ1v) is 13.4. The van der Waals surface area contributed by atoms with Crippen molar-refractivity contribution in [1.82, 2.24) is 29.7 Å². The summed E-state index contributed by atoms with van der Waals surface area (Å²) >= 11 is 6.52. The first-order chi connectivity index (χ1) is 17.9. The van der Waals surface area contributed by atoms with Crippen molar-refractivity contribution in [1.29, 1.82) is 0 Å². The van der Waals surface area contributed by atoms with Crippen LogP contribution >= 0.6 is 11.6 Å². The van der Waals surface area contributed by atoms with Gasteiger partial charge in [0.05, 0.1) is 16.9 Å². The van der Waals surface area contributed by atoms with Gasteiger partial charge in [0.25, 0.3) is 0 Å². The topological polar surface area (TPSA) is 80.4 Å². The molecule has 0 radical (unpaired) electrons. The smallest absolute Gasteiger partial charge is 0.246 e. The van der Waals surface area contributed by atoms with Crippen LogP contribution in [0, 0.1) is 0 Å². The number of likely N-dealkylation sites (tertiary alicyclic amines) is 1. The number of aromatic nitrogens is 3. The van der Waals surface area contributed by atoms with Crippen LogP contribution in [0.2, 0.25) is 5.02 Å². The van der Waals surface area contributed by atoms with E-state index in [-0.39, 0.29) is 5.91 Å². The summed E-state index contributed by atoms with van der Waals surface area (Å²) in [6.45, 7) is 2.37. The van der Waals surface area contributed by atoms with Crippen molar-refractivity contribution >= 4 is 34.4 Å². The Morgan fingerprint density at radius 3 is 2.84 bits per heavy atom. The molecule has 1 aromatic carbocycles. The molecule has 3 aromatic rings. The summed E-state index contributed by atoms with van der Waals surface area (Å²) < 4.78 is 0. The van der Waals surface area contributed by atoms with Gasteiger partial charge >= 0.3 is 0 Å². The van der Waals surface area contributed by atoms with Gasteiger partial charge in [0.1, 0.15) is 0 Å². The van der Waals surface area contributed by atoms with Crippen LogP contribution in [0.3, 0.4) is 0 Å². The van der Waals surface area contributed by atoms with Crippen molar-refractivity contribution < 1.29 is 4.79 Å². The van der Waals surface area contributed by atoms with Crippen molar-refractivity contribution in [3.8, 4) is 11.3 Å². The molecule has 0 bridgehead atoms. The van der Waals surface area contributed by atoms with Crippen molar-refractivity contribution in [3.63, 3.8) is 0 Å². The number of likely N-dealkylation sites (N-methyl/N-ethyl adjacent to an activating group) is 2. The Bertz CT molecular complexity index is 1270. The monoisotopic (exact) mass is 521 g/mol. The van der Waals surface area contributed by atoms with Crippen LogP contribution < -0.4 is 5.32 Å². The van der Waals surface area contributed by atoms with E-state index in [1.165, 1.54) is 6.42 Å². The summed E-state index contributed by atoms with van der Waals surface area (Å²) in [6.07, 6.45) is 11.7. The third-order valence-corrected chi connectivity index (χ3v) is 7.90. The Morgan fingerprint density at radius 1 is 1.22 bits per heavy atom. The number of halogens is 1.